The van der Waals surface area contributed by atoms with Gasteiger partial charge in [0.25, 0.3) is 5.91 Å². The van der Waals surface area contributed by atoms with Gasteiger partial charge in [0, 0.05) is 37.7 Å². The summed E-state index contributed by atoms with van der Waals surface area (Å²) in [4.78, 5) is 12.3. The molecule has 0 spiro atoms. The first-order chi connectivity index (χ1) is 12.6. The molecule has 1 N–H and O–H groups in total. The predicted octanol–water partition coefficient (Wildman–Crippen LogP) is 2.49. The van der Waals surface area contributed by atoms with E-state index in [0.717, 1.165) is 62.4 Å². The average molecular weight is 357 g/mol. The molecule has 6 nitrogen and oxygen atoms in total. The lowest BCUT2D eigenvalue weighted by Gasteiger charge is -2.14. The van der Waals surface area contributed by atoms with Crippen LogP contribution in [0.1, 0.15) is 42.6 Å². The lowest BCUT2D eigenvalue weighted by Crippen LogP contribution is -2.32. The van der Waals surface area contributed by atoms with Gasteiger partial charge in [-0.25, -0.2) is 0 Å². The molecule has 1 aromatic heterocycles. The van der Waals surface area contributed by atoms with Gasteiger partial charge in [0.05, 0.1) is 12.2 Å². The Balaban J connectivity index is 1.69. The maximum atomic E-state index is 12.3. The van der Waals surface area contributed by atoms with Crippen molar-refractivity contribution in [3.8, 4) is 6.07 Å². The van der Waals surface area contributed by atoms with E-state index in [-0.39, 0.29) is 23.7 Å². The van der Waals surface area contributed by atoms with Gasteiger partial charge in [-0.2, -0.15) is 5.26 Å². The first kappa shape index (κ1) is 18.7. The van der Waals surface area contributed by atoms with Gasteiger partial charge in [-0.1, -0.05) is 0 Å². The van der Waals surface area contributed by atoms with Crippen molar-refractivity contribution in [1.82, 2.24) is 9.88 Å². The molecule has 2 aliphatic heterocycles. The molecule has 1 aromatic rings. The van der Waals surface area contributed by atoms with E-state index in [2.05, 4.69) is 9.88 Å². The molecule has 140 valence electrons. The number of nitrogens with zero attached hydrogens (tertiary/aromatic N) is 2. The second-order valence-corrected chi connectivity index (χ2v) is 7.09. The van der Waals surface area contributed by atoms with Crippen molar-refractivity contribution < 1.29 is 14.3 Å². The van der Waals surface area contributed by atoms with Gasteiger partial charge in [-0.15, -0.1) is 0 Å². The van der Waals surface area contributed by atoms with Crippen LogP contribution in [0.4, 0.5) is 0 Å². The van der Waals surface area contributed by atoms with Crippen molar-refractivity contribution in [2.45, 2.75) is 58.3 Å². The van der Waals surface area contributed by atoms with Crippen LogP contribution in [-0.4, -0.2) is 42.4 Å². The monoisotopic (exact) mass is 357 g/mol. The molecule has 26 heavy (non-hydrogen) atoms. The number of carbonyl (C=O) groups excluding carboxylic acids is 1. The Morgan fingerprint density at radius 1 is 1.31 bits per heavy atom. The highest BCUT2D eigenvalue weighted by atomic mass is 16.5. The van der Waals surface area contributed by atoms with Crippen molar-refractivity contribution in [2.24, 2.45) is 0 Å². The van der Waals surface area contributed by atoms with E-state index in [1.54, 1.807) is 6.08 Å². The molecule has 6 heteroatoms. The zero-order valence-electron chi connectivity index (χ0n) is 15.6. The number of hydrogen-bond donors (Lipinski definition) is 1. The van der Waals surface area contributed by atoms with Crippen LogP contribution in [0.25, 0.3) is 6.08 Å². The highest BCUT2D eigenvalue weighted by Gasteiger charge is 2.20. The smallest absolute Gasteiger partial charge is 0.262 e. The summed E-state index contributed by atoms with van der Waals surface area (Å²) in [6.45, 7) is 6.92. The van der Waals surface area contributed by atoms with Crippen LogP contribution in [0, 0.1) is 25.2 Å². The number of nitrogens with one attached hydrogen (secondary N) is 1. The normalized spacial score (nSPS) is 23.2. The number of ether oxygens (including phenoxy) is 2. The summed E-state index contributed by atoms with van der Waals surface area (Å²) in [7, 11) is 0. The van der Waals surface area contributed by atoms with Gasteiger partial charge in [-0.3, -0.25) is 4.79 Å². The molecule has 0 aliphatic carbocycles. The van der Waals surface area contributed by atoms with Gasteiger partial charge >= 0.3 is 0 Å². The molecule has 0 radical (unpaired) electrons. The van der Waals surface area contributed by atoms with Crippen LogP contribution in [0.3, 0.4) is 0 Å². The molecule has 2 fully saturated rings. The molecular formula is C20H27N3O3. The van der Waals surface area contributed by atoms with Crippen LogP contribution >= 0.6 is 0 Å². The first-order valence-corrected chi connectivity index (χ1v) is 9.38. The summed E-state index contributed by atoms with van der Waals surface area (Å²) in [6, 6.07) is 4.05. The third-order valence-electron chi connectivity index (χ3n) is 5.20. The van der Waals surface area contributed by atoms with Crippen molar-refractivity contribution >= 4 is 12.0 Å². The Kier molecular flexibility index (Phi) is 6.12. The molecule has 1 amide bonds. The molecular weight excluding hydrogens is 330 g/mol. The van der Waals surface area contributed by atoms with Gasteiger partial charge in [0.2, 0.25) is 0 Å². The Hall–Kier alpha value is -2.10. The molecule has 2 aliphatic rings. The number of hydrogen-bond acceptors (Lipinski definition) is 4. The highest BCUT2D eigenvalue weighted by Crippen LogP contribution is 2.22. The Labute approximate surface area is 154 Å². The Morgan fingerprint density at radius 3 is 2.62 bits per heavy atom. The van der Waals surface area contributed by atoms with Crippen LogP contribution < -0.4 is 5.32 Å². The van der Waals surface area contributed by atoms with E-state index in [1.165, 1.54) is 0 Å². The number of amides is 1. The molecule has 0 saturated carbocycles. The Morgan fingerprint density at radius 2 is 2.00 bits per heavy atom. The Bertz CT molecular complexity index is 717. The summed E-state index contributed by atoms with van der Waals surface area (Å²) < 4.78 is 13.4. The summed E-state index contributed by atoms with van der Waals surface area (Å²) >= 11 is 0. The van der Waals surface area contributed by atoms with Crippen molar-refractivity contribution in [3.05, 3.63) is 28.6 Å². The lowest BCUT2D eigenvalue weighted by atomic mass is 10.1. The maximum Gasteiger partial charge on any atom is 0.262 e. The predicted molar refractivity (Wildman–Crippen MR) is 98.5 cm³/mol. The number of carbonyl (C=O) groups is 1. The topological polar surface area (TPSA) is 76.3 Å². The number of nitriles is 1. The summed E-state index contributed by atoms with van der Waals surface area (Å²) in [5.74, 6) is -0.341. The van der Waals surface area contributed by atoms with Crippen molar-refractivity contribution in [3.63, 3.8) is 0 Å². The molecule has 2 atom stereocenters. The second kappa shape index (κ2) is 8.52. The molecule has 0 bridgehead atoms. The van der Waals surface area contributed by atoms with E-state index in [1.807, 2.05) is 26.0 Å². The third kappa shape index (κ3) is 4.35. The second-order valence-electron chi connectivity index (χ2n) is 7.09. The summed E-state index contributed by atoms with van der Waals surface area (Å²) in [5.41, 5.74) is 3.20. The minimum absolute atomic E-state index is 0.0652. The van der Waals surface area contributed by atoms with Crippen LogP contribution in [0.15, 0.2) is 11.6 Å². The summed E-state index contributed by atoms with van der Waals surface area (Å²) in [5, 5.41) is 12.2. The fourth-order valence-corrected chi connectivity index (χ4v) is 3.66. The minimum Gasteiger partial charge on any atom is -0.376 e. The minimum atomic E-state index is -0.341. The number of rotatable bonds is 6. The van der Waals surface area contributed by atoms with Gasteiger partial charge in [0.15, 0.2) is 0 Å². The fourth-order valence-electron chi connectivity index (χ4n) is 3.66. The molecule has 3 heterocycles. The zero-order chi connectivity index (χ0) is 18.5. The van der Waals surface area contributed by atoms with Crippen molar-refractivity contribution in [2.75, 3.05) is 19.8 Å². The largest absolute Gasteiger partial charge is 0.376 e. The number of aryl methyl sites for hydroxylation is 1. The molecule has 3 rings (SSSR count). The van der Waals surface area contributed by atoms with Crippen LogP contribution in [-0.2, 0) is 20.8 Å². The van der Waals surface area contributed by atoms with E-state index in [4.69, 9.17) is 9.47 Å². The van der Waals surface area contributed by atoms with Gasteiger partial charge in [0.1, 0.15) is 11.6 Å². The number of aromatic nitrogens is 1. The lowest BCUT2D eigenvalue weighted by molar-refractivity contribution is -0.117. The molecule has 2 saturated heterocycles. The SMILES string of the molecule is Cc1cc(/C=C(\C#N)C(=O)NC[C@@H]2CCCO2)c(C)n1C[C@H]1CCCO1. The van der Waals surface area contributed by atoms with Crippen LogP contribution in [0.5, 0.6) is 0 Å². The summed E-state index contributed by atoms with van der Waals surface area (Å²) in [6.07, 6.45) is 6.17. The van der Waals surface area contributed by atoms with Gasteiger partial charge < -0.3 is 19.4 Å². The average Bonchev–Trinajstić information content (AvgIpc) is 3.37. The quantitative estimate of drug-likeness (QED) is 0.627. The third-order valence-corrected chi connectivity index (χ3v) is 5.20. The van der Waals surface area contributed by atoms with Crippen LogP contribution in [0.2, 0.25) is 0 Å². The standard InChI is InChI=1S/C20H27N3O3/c1-14-9-16(15(2)23(14)13-19-6-4-8-26-19)10-17(11-21)20(24)22-12-18-5-3-7-25-18/h9-10,18-19H,3-8,12-13H2,1-2H3,(H,22,24)/b17-10+/t18-,19+/m0/s1. The molecule has 0 unspecified atom stereocenters. The van der Waals surface area contributed by atoms with Crippen molar-refractivity contribution in [1.29, 1.82) is 5.26 Å². The van der Waals surface area contributed by atoms with E-state index < -0.39 is 0 Å². The molecule has 0 aromatic carbocycles. The maximum absolute atomic E-state index is 12.3. The van der Waals surface area contributed by atoms with Gasteiger partial charge in [-0.05, 0) is 57.2 Å². The van der Waals surface area contributed by atoms with E-state index in [9.17, 15) is 10.1 Å². The zero-order valence-corrected chi connectivity index (χ0v) is 15.6. The van der Waals surface area contributed by atoms with E-state index in [0.29, 0.717) is 6.54 Å². The fraction of sp³-hybridized carbons (Fsp3) is 0.600. The first-order valence-electron chi connectivity index (χ1n) is 9.38. The van der Waals surface area contributed by atoms with E-state index >= 15 is 0 Å². The highest BCUT2D eigenvalue weighted by molar-refractivity contribution is 6.01.